The lowest BCUT2D eigenvalue weighted by Gasteiger charge is -2.35. The fourth-order valence-corrected chi connectivity index (χ4v) is 5.11. The molecule has 0 unspecified atom stereocenters. The van der Waals surface area contributed by atoms with Crippen molar-refractivity contribution in [3.8, 4) is 0 Å². The summed E-state index contributed by atoms with van der Waals surface area (Å²) >= 11 is 0. The lowest BCUT2D eigenvalue weighted by atomic mass is 9.70. The third-order valence-electron chi connectivity index (χ3n) is 7.14. The van der Waals surface area contributed by atoms with Gasteiger partial charge in [0, 0.05) is 23.7 Å². The van der Waals surface area contributed by atoms with E-state index in [2.05, 4.69) is 27.7 Å². The van der Waals surface area contributed by atoms with Gasteiger partial charge in [-0.15, -0.1) is 0 Å². The van der Waals surface area contributed by atoms with Gasteiger partial charge in [0.05, 0.1) is 11.1 Å². The average molecular weight is 423 g/mol. The summed E-state index contributed by atoms with van der Waals surface area (Å²) in [7, 11) is 0. The van der Waals surface area contributed by atoms with Crippen LogP contribution in [0, 0.1) is 11.3 Å². The summed E-state index contributed by atoms with van der Waals surface area (Å²) in [5.74, 6) is -0.0203. The molecule has 1 saturated heterocycles. The minimum Gasteiger partial charge on any atom is -0.452 e. The minimum atomic E-state index is -0.401. The molecule has 1 aromatic heterocycles. The van der Waals surface area contributed by atoms with Gasteiger partial charge in [-0.3, -0.25) is 9.78 Å². The number of hydrogen-bond donors (Lipinski definition) is 0. The Balaban J connectivity index is 1.63. The number of benzene rings is 1. The number of rotatable bonds is 3. The van der Waals surface area contributed by atoms with Crippen LogP contribution in [0.3, 0.4) is 0 Å². The van der Waals surface area contributed by atoms with E-state index in [0.717, 1.165) is 67.2 Å². The van der Waals surface area contributed by atoms with Crippen molar-refractivity contribution in [3.63, 3.8) is 0 Å². The number of aryl methyl sites for hydroxylation is 1. The monoisotopic (exact) mass is 422 g/mol. The fourth-order valence-electron chi connectivity index (χ4n) is 5.11. The number of amides is 1. The van der Waals surface area contributed by atoms with Crippen LogP contribution in [0.5, 0.6) is 0 Å². The topological polar surface area (TPSA) is 59.5 Å². The molecule has 2 aliphatic rings. The van der Waals surface area contributed by atoms with Crippen molar-refractivity contribution >= 4 is 22.8 Å². The smallest absolute Gasteiger partial charge is 0.339 e. The van der Waals surface area contributed by atoms with Crippen LogP contribution in [-0.2, 0) is 22.4 Å². The number of piperidine rings is 1. The average Bonchev–Trinajstić information content (AvgIpc) is 2.74. The molecule has 0 bridgehead atoms. The molecule has 0 N–H and O–H groups in total. The molecular formula is C26H34N2O3. The molecule has 1 fully saturated rings. The highest BCUT2D eigenvalue weighted by Gasteiger charge is 2.33. The third kappa shape index (κ3) is 4.46. The Bertz CT molecular complexity index is 992. The zero-order chi connectivity index (χ0) is 22.2. The largest absolute Gasteiger partial charge is 0.452 e. The predicted octanol–water partition coefficient (Wildman–Crippen LogP) is 4.94. The summed E-state index contributed by atoms with van der Waals surface area (Å²) in [4.78, 5) is 32.8. The van der Waals surface area contributed by atoms with E-state index in [9.17, 15) is 9.59 Å². The lowest BCUT2D eigenvalue weighted by Crippen LogP contribution is -2.44. The quantitative estimate of drug-likeness (QED) is 0.657. The SMILES string of the molecule is C[C@H]1CCCCN1C(=O)COC(=O)c1c2c(nc3ccccc13)CC[C@@H](C(C)(C)C)C2. The Labute approximate surface area is 185 Å². The first-order valence-electron chi connectivity index (χ1n) is 11.6. The number of pyridine rings is 1. The van der Waals surface area contributed by atoms with Crippen LogP contribution >= 0.6 is 0 Å². The van der Waals surface area contributed by atoms with Crippen LogP contribution in [0.15, 0.2) is 24.3 Å². The molecule has 1 aromatic carbocycles. The molecule has 4 rings (SSSR count). The van der Waals surface area contributed by atoms with Gasteiger partial charge in [-0.1, -0.05) is 39.0 Å². The number of carbonyl (C=O) groups excluding carboxylic acids is 2. The second-order valence-corrected chi connectivity index (χ2v) is 10.2. The van der Waals surface area contributed by atoms with Crippen LogP contribution in [0.4, 0.5) is 0 Å². The highest BCUT2D eigenvalue weighted by Crippen LogP contribution is 2.39. The maximum absolute atomic E-state index is 13.3. The number of para-hydroxylation sites is 1. The minimum absolute atomic E-state index is 0.0969. The summed E-state index contributed by atoms with van der Waals surface area (Å²) in [6.07, 6.45) is 5.93. The van der Waals surface area contributed by atoms with Crippen molar-refractivity contribution in [2.45, 2.75) is 72.3 Å². The molecular weight excluding hydrogens is 388 g/mol. The number of likely N-dealkylation sites (tertiary alicyclic amines) is 1. The Hall–Kier alpha value is -2.43. The molecule has 0 radical (unpaired) electrons. The molecule has 1 aliphatic carbocycles. The molecule has 31 heavy (non-hydrogen) atoms. The van der Waals surface area contributed by atoms with Gasteiger partial charge >= 0.3 is 5.97 Å². The maximum Gasteiger partial charge on any atom is 0.339 e. The fraction of sp³-hybridized carbons (Fsp3) is 0.577. The predicted molar refractivity (Wildman–Crippen MR) is 122 cm³/mol. The molecule has 0 saturated carbocycles. The lowest BCUT2D eigenvalue weighted by molar-refractivity contribution is -0.137. The van der Waals surface area contributed by atoms with E-state index < -0.39 is 5.97 Å². The van der Waals surface area contributed by atoms with Gasteiger partial charge < -0.3 is 9.64 Å². The Kier molecular flexibility index (Phi) is 6.05. The van der Waals surface area contributed by atoms with Gasteiger partial charge in [0.15, 0.2) is 6.61 Å². The number of aromatic nitrogens is 1. The number of nitrogens with zero attached hydrogens (tertiary/aromatic N) is 2. The van der Waals surface area contributed by atoms with Crippen LogP contribution in [0.2, 0.25) is 0 Å². The summed E-state index contributed by atoms with van der Waals surface area (Å²) in [5.41, 5.74) is 3.59. The Morgan fingerprint density at radius 3 is 2.68 bits per heavy atom. The number of ether oxygens (including phenoxy) is 1. The van der Waals surface area contributed by atoms with Crippen LogP contribution in [-0.4, -0.2) is 41.0 Å². The molecule has 2 atom stereocenters. The van der Waals surface area contributed by atoms with Gasteiger partial charge in [0.1, 0.15) is 0 Å². The number of esters is 1. The number of fused-ring (bicyclic) bond motifs is 2. The first-order valence-corrected chi connectivity index (χ1v) is 11.6. The Morgan fingerprint density at radius 2 is 1.94 bits per heavy atom. The van der Waals surface area contributed by atoms with E-state index >= 15 is 0 Å². The van der Waals surface area contributed by atoms with Crippen LogP contribution in [0.1, 0.15) is 75.0 Å². The molecule has 1 amide bonds. The van der Waals surface area contributed by atoms with Gasteiger partial charge in [-0.05, 0) is 68.4 Å². The van der Waals surface area contributed by atoms with Crippen molar-refractivity contribution in [3.05, 3.63) is 41.1 Å². The number of carbonyl (C=O) groups is 2. The summed E-state index contributed by atoms with van der Waals surface area (Å²) in [6, 6.07) is 7.97. The van der Waals surface area contributed by atoms with Gasteiger partial charge in [0.25, 0.3) is 5.91 Å². The molecule has 0 spiro atoms. The van der Waals surface area contributed by atoms with Crippen LogP contribution in [0.25, 0.3) is 10.9 Å². The van der Waals surface area contributed by atoms with E-state index in [-0.39, 0.29) is 24.0 Å². The van der Waals surface area contributed by atoms with Crippen molar-refractivity contribution < 1.29 is 14.3 Å². The highest BCUT2D eigenvalue weighted by molar-refractivity contribution is 6.05. The van der Waals surface area contributed by atoms with Crippen molar-refractivity contribution in [1.29, 1.82) is 0 Å². The van der Waals surface area contributed by atoms with E-state index in [0.29, 0.717) is 11.5 Å². The number of hydrogen-bond acceptors (Lipinski definition) is 4. The first kappa shape index (κ1) is 21.8. The second-order valence-electron chi connectivity index (χ2n) is 10.2. The van der Waals surface area contributed by atoms with E-state index in [1.54, 1.807) is 0 Å². The molecule has 5 heteroatoms. The second kappa shape index (κ2) is 8.60. The maximum atomic E-state index is 13.3. The van der Waals surface area contributed by atoms with E-state index in [1.807, 2.05) is 29.2 Å². The first-order chi connectivity index (χ1) is 14.8. The third-order valence-corrected chi connectivity index (χ3v) is 7.14. The van der Waals surface area contributed by atoms with Gasteiger partial charge in [-0.25, -0.2) is 4.79 Å². The Morgan fingerprint density at radius 1 is 1.16 bits per heavy atom. The van der Waals surface area contributed by atoms with Crippen molar-refractivity contribution in [1.82, 2.24) is 9.88 Å². The zero-order valence-corrected chi connectivity index (χ0v) is 19.2. The molecule has 2 aromatic rings. The molecule has 5 nitrogen and oxygen atoms in total. The zero-order valence-electron chi connectivity index (χ0n) is 19.2. The van der Waals surface area contributed by atoms with Gasteiger partial charge in [-0.2, -0.15) is 0 Å². The molecule has 1 aliphatic heterocycles. The molecule has 2 heterocycles. The van der Waals surface area contributed by atoms with E-state index in [1.165, 1.54) is 0 Å². The van der Waals surface area contributed by atoms with Crippen LogP contribution < -0.4 is 0 Å². The highest BCUT2D eigenvalue weighted by atomic mass is 16.5. The van der Waals surface area contributed by atoms with E-state index in [4.69, 9.17) is 9.72 Å². The summed E-state index contributed by atoms with van der Waals surface area (Å²) in [5, 5.41) is 0.819. The molecule has 166 valence electrons. The van der Waals surface area contributed by atoms with Gasteiger partial charge in [0.2, 0.25) is 0 Å². The van der Waals surface area contributed by atoms with Crippen molar-refractivity contribution in [2.75, 3.05) is 13.2 Å². The summed E-state index contributed by atoms with van der Waals surface area (Å²) in [6.45, 7) is 9.39. The van der Waals surface area contributed by atoms with Crippen molar-refractivity contribution in [2.24, 2.45) is 11.3 Å². The summed E-state index contributed by atoms with van der Waals surface area (Å²) < 4.78 is 5.63. The standard InChI is InChI=1S/C26H34N2O3/c1-17-9-7-8-14-28(17)23(29)16-31-25(30)24-19-10-5-6-11-21(19)27-22-13-12-18(15-20(22)24)26(2,3)4/h5-6,10-11,17-18H,7-9,12-16H2,1-4H3/t17-,18+/m0/s1. The normalized spacial score (nSPS) is 21.6.